The van der Waals surface area contributed by atoms with Crippen LogP contribution in [0.25, 0.3) is 0 Å². The minimum absolute atomic E-state index is 0.0693. The van der Waals surface area contributed by atoms with E-state index in [1.54, 1.807) is 20.0 Å². The molecule has 1 aromatic heterocycles. The number of aromatic nitrogens is 2. The van der Waals surface area contributed by atoms with E-state index >= 15 is 0 Å². The van der Waals surface area contributed by atoms with Gasteiger partial charge < -0.3 is 15.5 Å². The molecule has 1 aliphatic heterocycles. The summed E-state index contributed by atoms with van der Waals surface area (Å²) < 4.78 is 1.53. The maximum atomic E-state index is 13.4. The molecule has 3 aliphatic rings. The Hall–Kier alpha value is -3.16. The molecule has 8 heteroatoms. The normalized spacial score (nSPS) is 24.8. The van der Waals surface area contributed by atoms with Crippen LogP contribution >= 0.6 is 0 Å². The molecule has 2 heterocycles. The Bertz CT molecular complexity index is 1130. The van der Waals surface area contributed by atoms with Gasteiger partial charge in [0.25, 0.3) is 11.8 Å². The number of nitrogens with one attached hydrogen (secondary N) is 2. The molecule has 0 spiro atoms. The predicted molar refractivity (Wildman–Crippen MR) is 132 cm³/mol. The number of carbonyl (C=O) groups is 3. The fraction of sp³-hybridized carbons (Fsp3) is 0.556. The number of hydrogen-bond acceptors (Lipinski definition) is 4. The van der Waals surface area contributed by atoms with Crippen molar-refractivity contribution in [2.24, 2.45) is 0 Å². The standard InChI is InChI=1S/C27H35N5O3/c1-27(26(35)28-19-12-5-3-4-6-13-19)17-32-23(25(34)31(27)2)16-22(30-32)24(33)29-21-15-9-11-18-10-7-8-14-20(18)21/h7-8,10,14,16,19,21H,3-6,9,11-13,15,17H2,1-2H3,(H,28,35)(H,29,33)/t21-,27-/m1/s1. The van der Waals surface area contributed by atoms with Crippen LogP contribution in [0, 0.1) is 0 Å². The van der Waals surface area contributed by atoms with Crippen molar-refractivity contribution >= 4 is 17.7 Å². The molecule has 2 aromatic rings. The number of rotatable bonds is 4. The lowest BCUT2D eigenvalue weighted by Crippen LogP contribution is -2.63. The smallest absolute Gasteiger partial charge is 0.272 e. The number of nitrogens with zero attached hydrogens (tertiary/aromatic N) is 3. The summed E-state index contributed by atoms with van der Waals surface area (Å²) in [4.78, 5) is 41.2. The van der Waals surface area contributed by atoms with E-state index in [1.165, 1.54) is 28.0 Å². The molecule has 5 rings (SSSR count). The van der Waals surface area contributed by atoms with Crippen LogP contribution in [-0.4, -0.2) is 51.0 Å². The van der Waals surface area contributed by atoms with Gasteiger partial charge in [-0.2, -0.15) is 5.10 Å². The number of carbonyl (C=O) groups excluding carboxylic acids is 3. The first kappa shape index (κ1) is 23.6. The van der Waals surface area contributed by atoms with Gasteiger partial charge in [0.2, 0.25) is 5.91 Å². The highest BCUT2D eigenvalue weighted by Gasteiger charge is 2.46. The van der Waals surface area contributed by atoms with Crippen molar-refractivity contribution in [2.75, 3.05) is 7.05 Å². The van der Waals surface area contributed by atoms with Gasteiger partial charge in [0.15, 0.2) is 5.69 Å². The second kappa shape index (κ2) is 9.47. The number of benzene rings is 1. The first-order valence-electron chi connectivity index (χ1n) is 12.9. The van der Waals surface area contributed by atoms with Crippen LogP contribution in [0.5, 0.6) is 0 Å². The number of aryl methyl sites for hydroxylation is 1. The Kier molecular flexibility index (Phi) is 6.38. The SMILES string of the molecule is CN1C(=O)c2cc(C(=O)N[C@@H]3CCCc4ccccc43)nn2C[C@]1(C)C(=O)NC1CCCCCC1. The number of fused-ring (bicyclic) bond motifs is 2. The summed E-state index contributed by atoms with van der Waals surface area (Å²) >= 11 is 0. The highest BCUT2D eigenvalue weighted by atomic mass is 16.2. The van der Waals surface area contributed by atoms with Crippen LogP contribution < -0.4 is 10.6 Å². The summed E-state index contributed by atoms with van der Waals surface area (Å²) in [5.41, 5.74) is 1.88. The maximum Gasteiger partial charge on any atom is 0.272 e. The molecule has 2 aliphatic carbocycles. The van der Waals surface area contributed by atoms with E-state index in [1.807, 2.05) is 12.1 Å². The summed E-state index contributed by atoms with van der Waals surface area (Å²) in [7, 11) is 1.66. The van der Waals surface area contributed by atoms with Gasteiger partial charge in [-0.15, -0.1) is 0 Å². The van der Waals surface area contributed by atoms with E-state index < -0.39 is 5.54 Å². The van der Waals surface area contributed by atoms with Crippen LogP contribution in [0.2, 0.25) is 0 Å². The predicted octanol–water partition coefficient (Wildman–Crippen LogP) is 3.37. The fourth-order valence-electron chi connectivity index (χ4n) is 5.74. The maximum absolute atomic E-state index is 13.4. The zero-order valence-electron chi connectivity index (χ0n) is 20.7. The van der Waals surface area contributed by atoms with E-state index in [4.69, 9.17) is 0 Å². The molecular formula is C27H35N5O3. The largest absolute Gasteiger partial charge is 0.351 e. The topological polar surface area (TPSA) is 96.3 Å². The van der Waals surface area contributed by atoms with Crippen molar-refractivity contribution in [3.8, 4) is 0 Å². The lowest BCUT2D eigenvalue weighted by atomic mass is 9.87. The molecular weight excluding hydrogens is 442 g/mol. The van der Waals surface area contributed by atoms with Crippen molar-refractivity contribution in [1.82, 2.24) is 25.3 Å². The molecule has 8 nitrogen and oxygen atoms in total. The van der Waals surface area contributed by atoms with Gasteiger partial charge in [-0.25, -0.2) is 0 Å². The van der Waals surface area contributed by atoms with E-state index in [0.29, 0.717) is 5.69 Å². The molecule has 0 unspecified atom stereocenters. The molecule has 2 N–H and O–H groups in total. The number of amides is 3. The summed E-state index contributed by atoms with van der Waals surface area (Å²) in [5, 5.41) is 10.8. The Morgan fingerprint density at radius 3 is 2.54 bits per heavy atom. The van der Waals surface area contributed by atoms with Crippen LogP contribution in [0.3, 0.4) is 0 Å². The van der Waals surface area contributed by atoms with Gasteiger partial charge in [0.1, 0.15) is 11.2 Å². The molecule has 0 radical (unpaired) electrons. The zero-order chi connectivity index (χ0) is 24.6. The molecule has 1 aromatic carbocycles. The van der Waals surface area contributed by atoms with Crippen molar-refractivity contribution < 1.29 is 14.4 Å². The third-order valence-electron chi connectivity index (χ3n) is 8.09. The summed E-state index contributed by atoms with van der Waals surface area (Å²) in [6.07, 6.45) is 9.49. The minimum atomic E-state index is -1.07. The molecule has 1 saturated carbocycles. The Morgan fingerprint density at radius 1 is 1.03 bits per heavy atom. The third kappa shape index (κ3) is 4.46. The lowest BCUT2D eigenvalue weighted by molar-refractivity contribution is -0.133. The van der Waals surface area contributed by atoms with E-state index in [0.717, 1.165) is 50.5 Å². The summed E-state index contributed by atoms with van der Waals surface area (Å²) in [6, 6.07) is 9.81. The molecule has 186 valence electrons. The highest BCUT2D eigenvalue weighted by molar-refractivity contribution is 6.01. The Morgan fingerprint density at radius 2 is 1.77 bits per heavy atom. The average molecular weight is 478 g/mol. The quantitative estimate of drug-likeness (QED) is 0.660. The van der Waals surface area contributed by atoms with Gasteiger partial charge in [-0.05, 0) is 50.2 Å². The number of hydrogen-bond donors (Lipinski definition) is 2. The van der Waals surface area contributed by atoms with Crippen molar-refractivity contribution in [2.45, 2.75) is 88.9 Å². The van der Waals surface area contributed by atoms with Gasteiger partial charge in [0, 0.05) is 19.2 Å². The van der Waals surface area contributed by atoms with E-state index in [2.05, 4.69) is 27.9 Å². The Balaban J connectivity index is 1.33. The summed E-state index contributed by atoms with van der Waals surface area (Å²) in [5.74, 6) is -0.760. The van der Waals surface area contributed by atoms with Crippen molar-refractivity contribution in [3.05, 3.63) is 52.8 Å². The van der Waals surface area contributed by atoms with Gasteiger partial charge in [-0.3, -0.25) is 19.1 Å². The van der Waals surface area contributed by atoms with Crippen LogP contribution in [-0.2, 0) is 17.8 Å². The van der Waals surface area contributed by atoms with Crippen LogP contribution in [0.15, 0.2) is 30.3 Å². The van der Waals surface area contributed by atoms with Crippen LogP contribution in [0.4, 0.5) is 0 Å². The zero-order valence-corrected chi connectivity index (χ0v) is 20.7. The van der Waals surface area contributed by atoms with Crippen molar-refractivity contribution in [1.29, 1.82) is 0 Å². The lowest BCUT2D eigenvalue weighted by Gasteiger charge is -2.41. The van der Waals surface area contributed by atoms with Gasteiger partial charge in [0.05, 0.1) is 12.6 Å². The molecule has 35 heavy (non-hydrogen) atoms. The summed E-state index contributed by atoms with van der Waals surface area (Å²) in [6.45, 7) is 1.99. The number of likely N-dealkylation sites (N-methyl/N-ethyl adjacent to an activating group) is 1. The van der Waals surface area contributed by atoms with Gasteiger partial charge >= 0.3 is 0 Å². The molecule has 1 fully saturated rings. The first-order chi connectivity index (χ1) is 16.9. The monoisotopic (exact) mass is 477 g/mol. The Labute approximate surface area is 206 Å². The molecule has 0 bridgehead atoms. The van der Waals surface area contributed by atoms with E-state index in [9.17, 15) is 14.4 Å². The second-order valence-corrected chi connectivity index (χ2v) is 10.5. The minimum Gasteiger partial charge on any atom is -0.351 e. The van der Waals surface area contributed by atoms with Crippen LogP contribution in [0.1, 0.15) is 96.4 Å². The fourth-order valence-corrected chi connectivity index (χ4v) is 5.74. The molecule has 0 saturated heterocycles. The molecule has 3 amide bonds. The average Bonchev–Trinajstić information content (AvgIpc) is 3.11. The second-order valence-electron chi connectivity index (χ2n) is 10.5. The third-order valence-corrected chi connectivity index (χ3v) is 8.09. The van der Waals surface area contributed by atoms with Gasteiger partial charge in [-0.1, -0.05) is 49.9 Å². The van der Waals surface area contributed by atoms with E-state index in [-0.39, 0.29) is 42.0 Å². The molecule has 2 atom stereocenters. The van der Waals surface area contributed by atoms with Crippen molar-refractivity contribution in [3.63, 3.8) is 0 Å². The first-order valence-corrected chi connectivity index (χ1v) is 12.9. The highest BCUT2D eigenvalue weighted by Crippen LogP contribution is 2.30.